The first-order valence-electron chi connectivity index (χ1n) is 8.32. The third-order valence-corrected chi connectivity index (χ3v) is 6.24. The van der Waals surface area contributed by atoms with E-state index in [-0.39, 0.29) is 17.6 Å². The SMILES string of the molecule is Cc1nn(-c2ccc(F)cc2)c2sc(C(=O)Nc3nnc(C(C)C)s3)cc12. The monoisotopic (exact) mass is 401 g/mol. The van der Waals surface area contributed by atoms with Gasteiger partial charge in [0.15, 0.2) is 0 Å². The van der Waals surface area contributed by atoms with Gasteiger partial charge in [0.25, 0.3) is 5.91 Å². The molecule has 0 fully saturated rings. The summed E-state index contributed by atoms with van der Waals surface area (Å²) in [6, 6.07) is 7.93. The van der Waals surface area contributed by atoms with Crippen molar-refractivity contribution >= 4 is 43.9 Å². The second-order valence-corrected chi connectivity index (χ2v) is 8.40. The highest BCUT2D eigenvalue weighted by atomic mass is 32.1. The highest BCUT2D eigenvalue weighted by Crippen LogP contribution is 2.31. The molecule has 27 heavy (non-hydrogen) atoms. The summed E-state index contributed by atoms with van der Waals surface area (Å²) in [6.45, 7) is 5.95. The minimum absolute atomic E-state index is 0.229. The normalized spacial score (nSPS) is 11.4. The van der Waals surface area contributed by atoms with Crippen LogP contribution in [-0.4, -0.2) is 25.9 Å². The molecule has 0 saturated carbocycles. The zero-order valence-electron chi connectivity index (χ0n) is 14.9. The van der Waals surface area contributed by atoms with Crippen molar-refractivity contribution in [2.45, 2.75) is 26.7 Å². The molecule has 0 spiro atoms. The lowest BCUT2D eigenvalue weighted by molar-refractivity contribution is 0.103. The van der Waals surface area contributed by atoms with Crippen LogP contribution in [0.2, 0.25) is 0 Å². The molecular formula is C18H16FN5OS2. The van der Waals surface area contributed by atoms with E-state index in [0.29, 0.717) is 10.0 Å². The fourth-order valence-corrected chi connectivity index (χ4v) is 4.41. The Bertz CT molecular complexity index is 1130. The Balaban J connectivity index is 1.65. The van der Waals surface area contributed by atoms with Gasteiger partial charge in [0.1, 0.15) is 15.7 Å². The largest absolute Gasteiger partial charge is 0.296 e. The van der Waals surface area contributed by atoms with Crippen LogP contribution in [0, 0.1) is 12.7 Å². The van der Waals surface area contributed by atoms with Crippen LogP contribution in [0.5, 0.6) is 0 Å². The van der Waals surface area contributed by atoms with Crippen LogP contribution < -0.4 is 5.32 Å². The van der Waals surface area contributed by atoms with Crippen LogP contribution in [-0.2, 0) is 0 Å². The average Bonchev–Trinajstić information content (AvgIpc) is 3.33. The number of anilines is 1. The Morgan fingerprint density at radius 3 is 2.59 bits per heavy atom. The molecule has 0 saturated heterocycles. The zero-order valence-corrected chi connectivity index (χ0v) is 16.5. The van der Waals surface area contributed by atoms with E-state index >= 15 is 0 Å². The third kappa shape index (κ3) is 3.35. The molecule has 138 valence electrons. The van der Waals surface area contributed by atoms with Crippen LogP contribution in [0.15, 0.2) is 30.3 Å². The van der Waals surface area contributed by atoms with E-state index in [1.54, 1.807) is 16.8 Å². The zero-order chi connectivity index (χ0) is 19.1. The van der Waals surface area contributed by atoms with Gasteiger partial charge in [-0.2, -0.15) is 5.10 Å². The van der Waals surface area contributed by atoms with Crippen molar-refractivity contribution in [1.29, 1.82) is 0 Å². The summed E-state index contributed by atoms with van der Waals surface area (Å²) in [5, 5.41) is 17.7. The lowest BCUT2D eigenvalue weighted by atomic mass is 10.2. The number of rotatable bonds is 4. The van der Waals surface area contributed by atoms with Crippen LogP contribution in [0.4, 0.5) is 9.52 Å². The predicted octanol–water partition coefficient (Wildman–Crippen LogP) is 4.76. The van der Waals surface area contributed by atoms with Gasteiger partial charge >= 0.3 is 0 Å². The number of hydrogen-bond donors (Lipinski definition) is 1. The Hall–Kier alpha value is -2.65. The molecule has 1 aromatic carbocycles. The molecule has 0 atom stereocenters. The molecule has 0 bridgehead atoms. The summed E-state index contributed by atoms with van der Waals surface area (Å²) in [5.41, 5.74) is 1.55. The Kier molecular flexibility index (Phi) is 4.48. The topological polar surface area (TPSA) is 72.7 Å². The van der Waals surface area contributed by atoms with E-state index in [0.717, 1.165) is 26.6 Å². The summed E-state index contributed by atoms with van der Waals surface area (Å²) < 4.78 is 14.9. The summed E-state index contributed by atoms with van der Waals surface area (Å²) in [6.07, 6.45) is 0. The van der Waals surface area contributed by atoms with Crippen molar-refractivity contribution in [3.63, 3.8) is 0 Å². The van der Waals surface area contributed by atoms with Gasteiger partial charge in [-0.05, 0) is 37.3 Å². The maximum Gasteiger partial charge on any atom is 0.267 e. The van der Waals surface area contributed by atoms with Gasteiger partial charge in [-0.15, -0.1) is 21.5 Å². The number of carbonyl (C=O) groups is 1. The second kappa shape index (κ2) is 6.82. The maximum absolute atomic E-state index is 13.2. The van der Waals surface area contributed by atoms with Gasteiger partial charge in [-0.3, -0.25) is 10.1 Å². The van der Waals surface area contributed by atoms with Gasteiger partial charge < -0.3 is 0 Å². The molecule has 1 amide bonds. The molecule has 0 aliphatic heterocycles. The van der Waals surface area contributed by atoms with E-state index in [9.17, 15) is 9.18 Å². The third-order valence-electron chi connectivity index (χ3n) is 3.99. The fourth-order valence-electron chi connectivity index (χ4n) is 2.59. The number of thiophene rings is 1. The smallest absolute Gasteiger partial charge is 0.267 e. The number of benzene rings is 1. The molecule has 0 unspecified atom stereocenters. The molecule has 4 rings (SSSR count). The Morgan fingerprint density at radius 2 is 1.93 bits per heavy atom. The summed E-state index contributed by atoms with van der Waals surface area (Å²) in [5.74, 6) is -0.266. The highest BCUT2D eigenvalue weighted by molar-refractivity contribution is 7.20. The number of fused-ring (bicyclic) bond motifs is 1. The number of aryl methyl sites for hydroxylation is 1. The first-order valence-corrected chi connectivity index (χ1v) is 9.95. The number of aromatic nitrogens is 4. The van der Waals surface area contributed by atoms with Crippen molar-refractivity contribution in [2.24, 2.45) is 0 Å². The summed E-state index contributed by atoms with van der Waals surface area (Å²) in [4.78, 5) is 14.0. The predicted molar refractivity (Wildman–Crippen MR) is 106 cm³/mol. The van der Waals surface area contributed by atoms with Crippen LogP contribution in [0.1, 0.15) is 40.1 Å². The van der Waals surface area contributed by atoms with Gasteiger partial charge in [0.2, 0.25) is 5.13 Å². The molecule has 4 aromatic rings. The lowest BCUT2D eigenvalue weighted by Gasteiger charge is -2.02. The van der Waals surface area contributed by atoms with Crippen LogP contribution in [0.25, 0.3) is 15.9 Å². The number of amides is 1. The van der Waals surface area contributed by atoms with Crippen molar-refractivity contribution in [1.82, 2.24) is 20.0 Å². The quantitative estimate of drug-likeness (QED) is 0.535. The molecule has 0 aliphatic carbocycles. The van der Waals surface area contributed by atoms with E-state index in [1.165, 1.54) is 34.8 Å². The van der Waals surface area contributed by atoms with Crippen molar-refractivity contribution in [3.8, 4) is 5.69 Å². The molecule has 1 N–H and O–H groups in total. The molecule has 0 aliphatic rings. The van der Waals surface area contributed by atoms with E-state index < -0.39 is 0 Å². The molecule has 0 radical (unpaired) electrons. The Morgan fingerprint density at radius 1 is 1.19 bits per heavy atom. The molecular weight excluding hydrogens is 385 g/mol. The first kappa shape index (κ1) is 17.7. The number of carbonyl (C=O) groups excluding carboxylic acids is 1. The summed E-state index contributed by atoms with van der Waals surface area (Å²) in [7, 11) is 0. The van der Waals surface area contributed by atoms with Crippen LogP contribution in [0.3, 0.4) is 0 Å². The second-order valence-electron chi connectivity index (χ2n) is 6.36. The average molecular weight is 401 g/mol. The first-order chi connectivity index (χ1) is 12.9. The van der Waals surface area contributed by atoms with Gasteiger partial charge in [0, 0.05) is 11.3 Å². The highest BCUT2D eigenvalue weighted by Gasteiger charge is 2.18. The van der Waals surface area contributed by atoms with Crippen LogP contribution >= 0.6 is 22.7 Å². The number of nitrogens with zero attached hydrogens (tertiary/aromatic N) is 4. The summed E-state index contributed by atoms with van der Waals surface area (Å²) >= 11 is 2.71. The molecule has 3 aromatic heterocycles. The standard InChI is InChI=1S/C18H16FN5OS2/c1-9(2)16-21-22-18(27-16)20-15(25)14-8-13-10(3)23-24(17(13)26-14)12-6-4-11(19)5-7-12/h4-9H,1-3H3,(H,20,22,25). The van der Waals surface area contributed by atoms with E-state index in [4.69, 9.17) is 0 Å². The fraction of sp³-hybridized carbons (Fsp3) is 0.222. The van der Waals surface area contributed by atoms with Gasteiger partial charge in [0.05, 0.1) is 16.3 Å². The molecule has 9 heteroatoms. The van der Waals surface area contributed by atoms with Gasteiger partial charge in [-0.1, -0.05) is 25.2 Å². The van der Waals surface area contributed by atoms with Gasteiger partial charge in [-0.25, -0.2) is 9.07 Å². The maximum atomic E-state index is 13.2. The van der Waals surface area contributed by atoms with E-state index in [1.807, 2.05) is 26.8 Å². The van der Waals surface area contributed by atoms with Crippen molar-refractivity contribution < 1.29 is 9.18 Å². The minimum atomic E-state index is -0.303. The number of nitrogens with one attached hydrogen (secondary N) is 1. The Labute approximate surface area is 162 Å². The molecule has 6 nitrogen and oxygen atoms in total. The number of halogens is 1. The lowest BCUT2D eigenvalue weighted by Crippen LogP contribution is -2.09. The molecule has 3 heterocycles. The minimum Gasteiger partial charge on any atom is -0.296 e. The number of hydrogen-bond acceptors (Lipinski definition) is 6. The van der Waals surface area contributed by atoms with E-state index in [2.05, 4.69) is 20.6 Å². The van der Waals surface area contributed by atoms with Crippen molar-refractivity contribution in [3.05, 3.63) is 51.7 Å². The van der Waals surface area contributed by atoms with Crippen molar-refractivity contribution in [2.75, 3.05) is 5.32 Å².